The Kier molecular flexibility index (Phi) is 55.4. The minimum absolute atomic E-state index is 0. The van der Waals surface area contributed by atoms with Gasteiger partial charge >= 0.3 is 182 Å². The van der Waals surface area contributed by atoms with Crippen LogP contribution in [0.25, 0.3) is 44.8 Å². The van der Waals surface area contributed by atoms with E-state index < -0.39 is 48.7 Å². The van der Waals surface area contributed by atoms with Crippen LogP contribution in [0.15, 0.2) is 301 Å². The number of carbonyl (C=O) groups is 2. The Bertz CT molecular complexity index is 3860. The monoisotopic (exact) mass is 1750 g/mol. The van der Waals surface area contributed by atoms with E-state index in [9.17, 15) is 9.59 Å². The Morgan fingerprint density at radius 2 is 0.629 bits per heavy atom. The van der Waals surface area contributed by atoms with Gasteiger partial charge in [0, 0.05) is 58.7 Å². The van der Waals surface area contributed by atoms with Crippen LogP contribution in [-0.4, -0.2) is 99.8 Å². The van der Waals surface area contributed by atoms with E-state index in [-0.39, 0.29) is 85.2 Å². The molecule has 6 aromatic carbocycles. The summed E-state index contributed by atoms with van der Waals surface area (Å²) in [4.78, 5) is 60.4. The summed E-state index contributed by atoms with van der Waals surface area (Å²) in [6.45, 7) is 8.64. The maximum atomic E-state index is 10.5. The van der Waals surface area contributed by atoms with Crippen LogP contribution in [0.5, 0.6) is 0 Å². The molecule has 12 rings (SSSR count). The van der Waals surface area contributed by atoms with E-state index in [2.05, 4.69) is 240 Å². The molecule has 0 atom stereocenters. The molecule has 105 heavy (non-hydrogen) atoms. The number of halogens is 2. The number of hydrogen-bond donors (Lipinski definition) is 2. The molecule has 0 saturated carbocycles. The van der Waals surface area contributed by atoms with Gasteiger partial charge in [-0.1, -0.05) is 227 Å². The number of pyridine rings is 6. The number of aromatic nitrogens is 6. The molecule has 12 aromatic rings. The smallest absolute Gasteiger partial charge is 0.870 e. The number of carboxylic acids is 2. The van der Waals surface area contributed by atoms with Crippen molar-refractivity contribution in [2.75, 3.05) is 0 Å². The third kappa shape index (κ3) is 41.5. The Morgan fingerprint density at radius 1 is 0.333 bits per heavy atom. The molecule has 0 fully saturated rings. The van der Waals surface area contributed by atoms with Gasteiger partial charge in [-0.2, -0.15) is 0 Å². The summed E-state index contributed by atoms with van der Waals surface area (Å²) in [5.74, 6) is -1.63. The molecule has 18 heteroatoms. The molecule has 0 saturated heterocycles. The minimum atomic E-state index is -1.82. The summed E-state index contributed by atoms with van der Waals surface area (Å²) in [6, 6.07) is 78.9. The summed E-state index contributed by atoms with van der Waals surface area (Å²) in [7, 11) is 0. The molecule has 0 unspecified atom stereocenters. The van der Waals surface area contributed by atoms with E-state index >= 15 is 0 Å². The van der Waals surface area contributed by atoms with Crippen LogP contribution in [0.2, 0.25) is 29.6 Å². The molecule has 0 aliphatic carbocycles. The zero-order chi connectivity index (χ0) is 71.0. The zero-order valence-corrected chi connectivity index (χ0v) is 69.9. The first-order valence-electron chi connectivity index (χ1n) is 32.9. The van der Waals surface area contributed by atoms with Crippen molar-refractivity contribution in [3.8, 4) is 44.8 Å². The van der Waals surface area contributed by atoms with Crippen molar-refractivity contribution in [1.29, 1.82) is 0 Å². The van der Waals surface area contributed by atoms with Crippen LogP contribution in [-0.2, 0) is 48.1 Å². The second-order valence-corrected chi connectivity index (χ2v) is 55.1. The van der Waals surface area contributed by atoms with Crippen molar-refractivity contribution in [1.82, 2.24) is 29.9 Å². The first kappa shape index (κ1) is 102. The number of hydrogen-bond acceptors (Lipinski definition) is 10. The molecule has 0 amide bonds. The summed E-state index contributed by atoms with van der Waals surface area (Å²) >= 11 is 3.15. The van der Waals surface area contributed by atoms with Gasteiger partial charge in [-0.05, 0) is 142 Å². The quantitative estimate of drug-likeness (QED) is 0.0974. The van der Waals surface area contributed by atoms with Crippen molar-refractivity contribution >= 4 is 87.8 Å². The summed E-state index contributed by atoms with van der Waals surface area (Å²) in [5, 5.41) is 17.3. The van der Waals surface area contributed by atoms with Gasteiger partial charge in [0.2, 0.25) is 0 Å². The van der Waals surface area contributed by atoms with Gasteiger partial charge in [-0.15, -0.1) is 0 Å². The van der Waals surface area contributed by atoms with Gasteiger partial charge in [0.1, 0.15) is 0 Å². The van der Waals surface area contributed by atoms with Gasteiger partial charge in [0.25, 0.3) is 0 Å². The average Bonchev–Trinajstić information content (AvgIpc) is 1.02. The number of aryl methyl sites for hydroxylation is 4. The molecule has 12 nitrogen and oxygen atoms in total. The fraction of sp³-hybridized carbons (Fsp3) is 0.218. The second kappa shape index (κ2) is 57.1. The number of nitrogens with zero attached hydrogens (tertiary/aromatic N) is 6. The maximum absolute atomic E-state index is 10.5. The van der Waals surface area contributed by atoms with E-state index in [1.54, 1.807) is 24.8 Å². The molecule has 0 spiro atoms. The van der Waals surface area contributed by atoms with Crippen LogP contribution >= 0.6 is 31.9 Å². The molecule has 6 heterocycles. The Morgan fingerprint density at radius 3 is 0.857 bits per heavy atom. The van der Waals surface area contributed by atoms with Crippen molar-refractivity contribution < 1.29 is 69.9 Å². The van der Waals surface area contributed by atoms with Crippen LogP contribution in [0.1, 0.15) is 84.8 Å². The number of rotatable bonds is 14. The largest absolute Gasteiger partial charge is 1.00 e. The standard InChI is InChI=1S/2C13H11NO2.2C13H13N.2C8H9Br.2C5H4N.3CH4.6CH3.2Li.2H2O.2Sn.H2/c15-13(16)8-10-3-5-11(6-4-10)12-2-1-7-14-9-12;15-13(16)9-10-4-6-11(7-5-10)12-3-1-2-8-14-12;1-2-11-5-7-12(8-6-11)13-4-3-9-14-10-13;1-2-11-6-8-12(9-7-11)13-5-3-4-10-14-13;2*1-2-7-3-5-8(9)6-4-7;2*1-2-4-6-5-3-1;;;;;;;;;;;;;;;;/h1-7,9H,8H2,(H,15,16);1-8H,9H2,(H,15,16);2*3-10H,2H2,1H3;2*3-6H,2H2,1H3;1-2,4-5H;1-4H;3*1H4;6*1H3;;;2*1H2;;;1H/q;;;;;;;;;;;;;;;;;2*+1;;;;;/p-2/i;;;;;;;;;;;;;;;;;;;;;;;1+1. The summed E-state index contributed by atoms with van der Waals surface area (Å²) < 4.78 is 5.16. The van der Waals surface area contributed by atoms with Gasteiger partial charge in [0.15, 0.2) is 0 Å². The topological polar surface area (TPSA) is 212 Å². The van der Waals surface area contributed by atoms with Crippen molar-refractivity contribution in [2.45, 2.75) is 118 Å². The third-order valence-corrected chi connectivity index (χ3v) is 26.9. The molecule has 0 radical (unpaired) electrons. The van der Waals surface area contributed by atoms with E-state index in [4.69, 9.17) is 10.2 Å². The fourth-order valence-electron chi connectivity index (χ4n) is 8.99. The molecule has 0 aliphatic rings. The third-order valence-electron chi connectivity index (χ3n) is 14.9. The maximum Gasteiger partial charge on any atom is 1.00 e. The molecule has 6 aromatic heterocycles. The average molecular weight is 1750 g/mol. The molecular weight excluding hydrogens is 1640 g/mol. The van der Waals surface area contributed by atoms with E-state index in [0.29, 0.717) is 0 Å². The van der Waals surface area contributed by atoms with Crippen LogP contribution in [0.3, 0.4) is 0 Å². The number of aliphatic carboxylic acids is 2. The normalized spacial score (nSPS) is 9.56. The van der Waals surface area contributed by atoms with Crippen molar-refractivity contribution in [2.24, 2.45) is 0 Å². The second-order valence-electron chi connectivity index (χ2n) is 24.5. The Hall–Kier alpha value is -7.17. The zero-order valence-electron chi connectivity index (χ0n) is 61.0. The summed E-state index contributed by atoms with van der Waals surface area (Å²) in [5.41, 5.74) is 15.7. The molecule has 0 bridgehead atoms. The number of benzene rings is 6. The molecule has 0 aliphatic heterocycles. The molecular formula is C87H108Br2Li2N6O6Sn2. The van der Waals surface area contributed by atoms with Crippen molar-refractivity contribution in [3.63, 3.8) is 0 Å². The number of carboxylic acid groups (broad SMARTS) is 2. The Labute approximate surface area is 678 Å². The summed E-state index contributed by atoms with van der Waals surface area (Å²) in [6.07, 6.45) is 21.0. The van der Waals surface area contributed by atoms with Crippen LogP contribution < -0.4 is 45.0 Å². The molecule has 4 N–H and O–H groups in total. The Balaban J connectivity index is -0.000000560. The fourth-order valence-corrected chi connectivity index (χ4v) is 15.6. The predicted molar refractivity (Wildman–Crippen MR) is 448 cm³/mol. The van der Waals surface area contributed by atoms with Gasteiger partial charge in [-0.25, -0.2) is 0 Å². The van der Waals surface area contributed by atoms with E-state index in [1.165, 1.54) is 46.2 Å². The van der Waals surface area contributed by atoms with E-state index in [1.807, 2.05) is 146 Å². The van der Waals surface area contributed by atoms with Crippen LogP contribution in [0.4, 0.5) is 0 Å². The first-order valence-corrected chi connectivity index (χ1v) is 54.5. The first-order chi connectivity index (χ1) is 47.2. The van der Waals surface area contributed by atoms with E-state index in [0.717, 1.165) is 73.8 Å². The predicted octanol–water partition coefficient (Wildman–Crippen LogP) is 16.5. The minimum Gasteiger partial charge on any atom is -0.870 e. The van der Waals surface area contributed by atoms with Gasteiger partial charge in [0.05, 0.1) is 24.2 Å². The van der Waals surface area contributed by atoms with Crippen LogP contribution in [0, 0.1) is 0 Å². The molecule has 546 valence electrons. The van der Waals surface area contributed by atoms with Gasteiger partial charge in [-0.3, -0.25) is 29.5 Å². The van der Waals surface area contributed by atoms with Crippen molar-refractivity contribution in [3.05, 3.63) is 335 Å². The van der Waals surface area contributed by atoms with Gasteiger partial charge < -0.3 is 21.2 Å². The SMILES string of the molecule is C.C.C.CCc1ccc(-c2ccccn2)cc1.CCc1ccc(-c2cccnc2)cc1.CCc1ccc(Br)cc1.CCc1ccc(Br)cc1.O=C(O)Cc1ccc(-c2ccccn2)cc1.O=C(O)Cc1ccc(-c2cccnc2)cc1.[2HH].[CH3][Sn]([CH3])([CH3])[c]1ccccn1.[CH3][Sn]([CH3])([CH3])[c]1cccnc1.[Li+].[Li+].[OH-].[OH-].